The Hall–Kier alpha value is -0.700. The number of hydrogen-bond donors (Lipinski definition) is 1. The van der Waals surface area contributed by atoms with Gasteiger partial charge in [0.05, 0.1) is 7.11 Å². The molecule has 0 amide bonds. The van der Waals surface area contributed by atoms with Gasteiger partial charge in [0.1, 0.15) is 0 Å². The van der Waals surface area contributed by atoms with Crippen molar-refractivity contribution in [3.63, 3.8) is 0 Å². The highest BCUT2D eigenvalue weighted by molar-refractivity contribution is 9.10. The lowest BCUT2D eigenvalue weighted by molar-refractivity contribution is 0.371. The summed E-state index contributed by atoms with van der Waals surface area (Å²) in [7, 11) is 1.53. The summed E-state index contributed by atoms with van der Waals surface area (Å²) in [5.41, 5.74) is 0.802. The molecule has 1 rings (SSSR count). The van der Waals surface area contributed by atoms with Gasteiger partial charge in [-0.1, -0.05) is 29.8 Å². The van der Waals surface area contributed by atoms with Gasteiger partial charge in [0.15, 0.2) is 11.5 Å². The summed E-state index contributed by atoms with van der Waals surface area (Å²) in [4.78, 5) is 0. The van der Waals surface area contributed by atoms with E-state index in [1.54, 1.807) is 6.07 Å². The summed E-state index contributed by atoms with van der Waals surface area (Å²) in [6, 6.07) is 3.56. The second-order valence-electron chi connectivity index (χ2n) is 2.27. The van der Waals surface area contributed by atoms with Crippen LogP contribution in [0.2, 0.25) is 0 Å². The second kappa shape index (κ2) is 5.86. The molecule has 0 saturated carbocycles. The lowest BCUT2D eigenvalue weighted by Crippen LogP contribution is -1.85. The van der Waals surface area contributed by atoms with E-state index in [9.17, 15) is 5.11 Å². The molecule has 1 N–H and O–H groups in total. The van der Waals surface area contributed by atoms with Crippen molar-refractivity contribution in [1.29, 1.82) is 0 Å². The third kappa shape index (κ3) is 3.27. The molecule has 0 aliphatic heterocycles. The van der Waals surface area contributed by atoms with Crippen LogP contribution in [-0.2, 0) is 0 Å². The first kappa shape index (κ1) is 12.3. The molecule has 74 valence electrons. The first-order chi connectivity index (χ1) is 6.15. The Balaban J connectivity index is 0.000000671. The van der Waals surface area contributed by atoms with Crippen LogP contribution in [0.25, 0.3) is 0 Å². The molecule has 2 nitrogen and oxygen atoms in total. The van der Waals surface area contributed by atoms with E-state index in [-0.39, 0.29) is 5.75 Å². The Morgan fingerprint density at radius 2 is 1.85 bits per heavy atom. The number of benzene rings is 1. The number of halogens is 1. The summed E-state index contributed by atoms with van der Waals surface area (Å²) >= 11 is 3.30. The fourth-order valence-electron chi connectivity index (χ4n) is 0.860. The molecule has 0 fully saturated rings. The maximum Gasteiger partial charge on any atom is 0.161 e. The normalized spacial score (nSPS) is 8.69. The van der Waals surface area contributed by atoms with Gasteiger partial charge in [-0.3, -0.25) is 0 Å². The highest BCUT2D eigenvalue weighted by atomic mass is 79.9. The number of hydrogen-bond acceptors (Lipinski definition) is 2. The Labute approximate surface area is 87.7 Å². The summed E-state index contributed by atoms with van der Waals surface area (Å²) in [5.74, 6) is 0.701. The Bertz CT molecular complexity index is 272. The van der Waals surface area contributed by atoms with Crippen molar-refractivity contribution in [3.05, 3.63) is 22.2 Å². The Morgan fingerprint density at radius 3 is 2.31 bits per heavy atom. The van der Waals surface area contributed by atoms with Crippen LogP contribution in [-0.4, -0.2) is 12.2 Å². The van der Waals surface area contributed by atoms with E-state index in [1.807, 2.05) is 26.8 Å². The molecule has 0 saturated heterocycles. The van der Waals surface area contributed by atoms with E-state index in [2.05, 4.69) is 15.9 Å². The SMILES string of the molecule is CC.COc1cc(Br)cc(C)c1O. The number of ether oxygens (including phenoxy) is 1. The van der Waals surface area contributed by atoms with E-state index < -0.39 is 0 Å². The van der Waals surface area contributed by atoms with Crippen molar-refractivity contribution >= 4 is 15.9 Å². The van der Waals surface area contributed by atoms with Crippen molar-refractivity contribution in [1.82, 2.24) is 0 Å². The van der Waals surface area contributed by atoms with Gasteiger partial charge in [0.2, 0.25) is 0 Å². The average molecular weight is 247 g/mol. The predicted molar refractivity (Wildman–Crippen MR) is 58.4 cm³/mol. The van der Waals surface area contributed by atoms with Gasteiger partial charge in [-0.05, 0) is 24.6 Å². The van der Waals surface area contributed by atoms with Gasteiger partial charge >= 0.3 is 0 Å². The molecule has 0 aliphatic rings. The third-order valence-electron chi connectivity index (χ3n) is 1.45. The molecular weight excluding hydrogens is 232 g/mol. The molecule has 0 aromatic heterocycles. The standard InChI is InChI=1S/C8H9BrO2.C2H6/c1-5-3-6(9)4-7(11-2)8(5)10;1-2/h3-4,10H,1-2H3;1-2H3. The van der Waals surface area contributed by atoms with Gasteiger partial charge in [-0.15, -0.1) is 0 Å². The molecule has 0 radical (unpaired) electrons. The summed E-state index contributed by atoms with van der Waals surface area (Å²) in [5, 5.41) is 9.38. The van der Waals surface area contributed by atoms with E-state index in [1.165, 1.54) is 7.11 Å². The quantitative estimate of drug-likeness (QED) is 0.822. The Kier molecular flexibility index (Phi) is 5.55. The van der Waals surface area contributed by atoms with Gasteiger partial charge < -0.3 is 9.84 Å². The minimum atomic E-state index is 0.204. The molecule has 1 aromatic rings. The molecular formula is C10H15BrO2. The predicted octanol–water partition coefficient (Wildman–Crippen LogP) is 3.50. The van der Waals surface area contributed by atoms with Gasteiger partial charge in [0, 0.05) is 4.47 Å². The molecule has 1 aromatic carbocycles. The maximum atomic E-state index is 9.38. The largest absolute Gasteiger partial charge is 0.504 e. The molecule has 0 aliphatic carbocycles. The number of aromatic hydroxyl groups is 1. The smallest absolute Gasteiger partial charge is 0.161 e. The topological polar surface area (TPSA) is 29.5 Å². The van der Waals surface area contributed by atoms with Crippen molar-refractivity contribution in [2.75, 3.05) is 7.11 Å². The third-order valence-corrected chi connectivity index (χ3v) is 1.91. The van der Waals surface area contributed by atoms with Crippen LogP contribution in [0.15, 0.2) is 16.6 Å². The van der Waals surface area contributed by atoms with Crippen LogP contribution in [0.5, 0.6) is 11.5 Å². The second-order valence-corrected chi connectivity index (χ2v) is 3.19. The highest BCUT2D eigenvalue weighted by Gasteiger charge is 2.04. The first-order valence-corrected chi connectivity index (χ1v) is 4.97. The number of aryl methyl sites for hydroxylation is 1. The molecule has 13 heavy (non-hydrogen) atoms. The monoisotopic (exact) mass is 246 g/mol. The molecule has 3 heteroatoms. The first-order valence-electron chi connectivity index (χ1n) is 4.18. The lowest BCUT2D eigenvalue weighted by Gasteiger charge is -2.05. The van der Waals surface area contributed by atoms with Crippen molar-refractivity contribution in [3.8, 4) is 11.5 Å². The Morgan fingerprint density at radius 1 is 1.31 bits per heavy atom. The van der Waals surface area contributed by atoms with Crippen LogP contribution >= 0.6 is 15.9 Å². The lowest BCUT2D eigenvalue weighted by atomic mass is 10.2. The van der Waals surface area contributed by atoms with Crippen LogP contribution in [0.3, 0.4) is 0 Å². The van der Waals surface area contributed by atoms with E-state index in [0.29, 0.717) is 5.75 Å². The summed E-state index contributed by atoms with van der Waals surface area (Å²) in [6.45, 7) is 5.82. The van der Waals surface area contributed by atoms with Crippen molar-refractivity contribution in [2.45, 2.75) is 20.8 Å². The van der Waals surface area contributed by atoms with Crippen LogP contribution in [0, 0.1) is 6.92 Å². The van der Waals surface area contributed by atoms with Crippen molar-refractivity contribution in [2.24, 2.45) is 0 Å². The minimum Gasteiger partial charge on any atom is -0.504 e. The molecule has 0 atom stereocenters. The number of rotatable bonds is 1. The molecule has 0 spiro atoms. The van der Waals surface area contributed by atoms with Crippen LogP contribution in [0.4, 0.5) is 0 Å². The van der Waals surface area contributed by atoms with E-state index in [0.717, 1.165) is 10.0 Å². The van der Waals surface area contributed by atoms with Gasteiger partial charge in [0.25, 0.3) is 0 Å². The zero-order valence-electron chi connectivity index (χ0n) is 8.39. The number of phenols is 1. The zero-order valence-corrected chi connectivity index (χ0v) is 9.97. The summed E-state index contributed by atoms with van der Waals surface area (Å²) < 4.78 is 5.83. The van der Waals surface area contributed by atoms with E-state index in [4.69, 9.17) is 4.74 Å². The molecule has 0 bridgehead atoms. The van der Waals surface area contributed by atoms with Gasteiger partial charge in [-0.2, -0.15) is 0 Å². The average Bonchev–Trinajstić information content (AvgIpc) is 2.14. The summed E-state index contributed by atoms with van der Waals surface area (Å²) in [6.07, 6.45) is 0. The maximum absolute atomic E-state index is 9.38. The zero-order chi connectivity index (χ0) is 10.4. The number of phenolic OH excluding ortho intramolecular Hbond substituents is 1. The minimum absolute atomic E-state index is 0.204. The highest BCUT2D eigenvalue weighted by Crippen LogP contribution is 2.32. The molecule has 0 unspecified atom stereocenters. The molecule has 0 heterocycles. The number of methoxy groups -OCH3 is 1. The van der Waals surface area contributed by atoms with Gasteiger partial charge in [-0.25, -0.2) is 0 Å². The van der Waals surface area contributed by atoms with E-state index >= 15 is 0 Å². The fourth-order valence-corrected chi connectivity index (χ4v) is 1.41. The van der Waals surface area contributed by atoms with Crippen LogP contribution in [0.1, 0.15) is 19.4 Å². The van der Waals surface area contributed by atoms with Crippen LogP contribution < -0.4 is 4.74 Å². The fraction of sp³-hybridized carbons (Fsp3) is 0.400. The van der Waals surface area contributed by atoms with Crippen molar-refractivity contribution < 1.29 is 9.84 Å².